The topological polar surface area (TPSA) is 101 Å². The molecule has 27 heavy (non-hydrogen) atoms. The van der Waals surface area contributed by atoms with Crippen LogP contribution < -0.4 is 15.4 Å². The van der Waals surface area contributed by atoms with Gasteiger partial charge in [-0.15, -0.1) is 24.0 Å². The second-order valence-electron chi connectivity index (χ2n) is 5.98. The standard InChI is InChI=1S/C17H28N4O4S.HI/c1-18-17(20-13-15-6-4-9-25-15)19-12-14-5-3-7-16(11-14)26(22,23)21-8-10-24-2;/h3,5,7,11,15,21H,4,6,8-10,12-13H2,1-2H3,(H2,18,19,20);1H. The average Bonchev–Trinajstić information content (AvgIpc) is 3.16. The molecule has 0 aliphatic carbocycles. The van der Waals surface area contributed by atoms with E-state index >= 15 is 0 Å². The van der Waals surface area contributed by atoms with Crippen LogP contribution in [-0.4, -0.2) is 60.9 Å². The van der Waals surface area contributed by atoms with Crippen molar-refractivity contribution >= 4 is 40.0 Å². The minimum Gasteiger partial charge on any atom is -0.383 e. The van der Waals surface area contributed by atoms with Crippen molar-refractivity contribution < 1.29 is 17.9 Å². The summed E-state index contributed by atoms with van der Waals surface area (Å²) < 4.78 is 37.5. The summed E-state index contributed by atoms with van der Waals surface area (Å²) in [6.45, 7) is 2.55. The number of sulfonamides is 1. The molecule has 154 valence electrons. The number of aliphatic imine (C=N–C) groups is 1. The molecule has 1 aromatic carbocycles. The molecule has 1 fully saturated rings. The molecular formula is C17H29IN4O4S. The first-order valence-electron chi connectivity index (χ1n) is 8.69. The lowest BCUT2D eigenvalue weighted by atomic mass is 10.2. The molecule has 1 atom stereocenters. The first-order chi connectivity index (χ1) is 12.5. The fourth-order valence-electron chi connectivity index (χ4n) is 2.61. The number of benzene rings is 1. The Balaban J connectivity index is 0.00000364. The molecule has 2 rings (SSSR count). The average molecular weight is 512 g/mol. The fraction of sp³-hybridized carbons (Fsp3) is 0.588. The van der Waals surface area contributed by atoms with Crippen LogP contribution in [0.2, 0.25) is 0 Å². The Labute approximate surface area is 178 Å². The summed E-state index contributed by atoms with van der Waals surface area (Å²) in [4.78, 5) is 4.41. The van der Waals surface area contributed by atoms with Gasteiger partial charge in [-0.1, -0.05) is 12.1 Å². The van der Waals surface area contributed by atoms with E-state index < -0.39 is 10.0 Å². The van der Waals surface area contributed by atoms with Gasteiger partial charge < -0.3 is 20.1 Å². The highest BCUT2D eigenvalue weighted by Gasteiger charge is 2.16. The number of methoxy groups -OCH3 is 1. The molecule has 1 heterocycles. The summed E-state index contributed by atoms with van der Waals surface area (Å²) in [5.41, 5.74) is 0.847. The van der Waals surface area contributed by atoms with E-state index in [1.807, 2.05) is 6.07 Å². The molecule has 8 nitrogen and oxygen atoms in total. The largest absolute Gasteiger partial charge is 0.383 e. The molecular weight excluding hydrogens is 483 g/mol. The van der Waals surface area contributed by atoms with Gasteiger partial charge in [0.2, 0.25) is 10.0 Å². The number of nitrogens with zero attached hydrogens (tertiary/aromatic N) is 1. The number of rotatable bonds is 9. The maximum Gasteiger partial charge on any atom is 0.240 e. The summed E-state index contributed by atoms with van der Waals surface area (Å²) in [7, 11) is -0.313. The van der Waals surface area contributed by atoms with Crippen molar-refractivity contribution in [1.82, 2.24) is 15.4 Å². The minimum absolute atomic E-state index is 0. The normalized spacial score (nSPS) is 17.4. The van der Waals surface area contributed by atoms with E-state index in [9.17, 15) is 8.42 Å². The van der Waals surface area contributed by atoms with E-state index in [0.29, 0.717) is 25.7 Å². The van der Waals surface area contributed by atoms with E-state index in [1.54, 1.807) is 25.2 Å². The summed E-state index contributed by atoms with van der Waals surface area (Å²) >= 11 is 0. The van der Waals surface area contributed by atoms with Crippen molar-refractivity contribution in [3.05, 3.63) is 29.8 Å². The maximum atomic E-state index is 12.3. The number of ether oxygens (including phenoxy) is 2. The highest BCUT2D eigenvalue weighted by atomic mass is 127. The van der Waals surface area contributed by atoms with Crippen LogP contribution >= 0.6 is 24.0 Å². The molecule has 10 heteroatoms. The van der Waals surface area contributed by atoms with Crippen LogP contribution in [0.25, 0.3) is 0 Å². The number of guanidine groups is 1. The van der Waals surface area contributed by atoms with Gasteiger partial charge in [-0.05, 0) is 30.5 Å². The third-order valence-corrected chi connectivity index (χ3v) is 5.47. The molecule has 1 aliphatic rings. The molecule has 3 N–H and O–H groups in total. The highest BCUT2D eigenvalue weighted by molar-refractivity contribution is 14.0. The lowest BCUT2D eigenvalue weighted by Gasteiger charge is -2.15. The van der Waals surface area contributed by atoms with Crippen LogP contribution in [0.15, 0.2) is 34.2 Å². The second kappa shape index (κ2) is 12.5. The van der Waals surface area contributed by atoms with Crippen LogP contribution in [0.3, 0.4) is 0 Å². The summed E-state index contributed by atoms with van der Waals surface area (Å²) in [6, 6.07) is 6.82. The van der Waals surface area contributed by atoms with Gasteiger partial charge in [-0.2, -0.15) is 0 Å². The van der Waals surface area contributed by atoms with Gasteiger partial charge >= 0.3 is 0 Å². The van der Waals surface area contributed by atoms with Gasteiger partial charge in [0.1, 0.15) is 0 Å². The Kier molecular flexibility index (Phi) is 11.1. The number of hydrogen-bond acceptors (Lipinski definition) is 5. The molecule has 1 aliphatic heterocycles. The minimum atomic E-state index is -3.54. The Hall–Kier alpha value is -0.950. The van der Waals surface area contributed by atoms with Crippen molar-refractivity contribution in [1.29, 1.82) is 0 Å². The predicted molar refractivity (Wildman–Crippen MR) is 116 cm³/mol. The van der Waals surface area contributed by atoms with Gasteiger partial charge in [-0.3, -0.25) is 4.99 Å². The Bertz CT molecular complexity index is 694. The first kappa shape index (κ1) is 24.1. The Morgan fingerprint density at radius 1 is 1.37 bits per heavy atom. The smallest absolute Gasteiger partial charge is 0.240 e. The summed E-state index contributed by atoms with van der Waals surface area (Å²) in [5.74, 6) is 0.659. The Morgan fingerprint density at radius 2 is 2.19 bits per heavy atom. The highest BCUT2D eigenvalue weighted by Crippen LogP contribution is 2.12. The van der Waals surface area contributed by atoms with Crippen LogP contribution in [0, 0.1) is 0 Å². The van der Waals surface area contributed by atoms with Crippen LogP contribution in [-0.2, 0) is 26.0 Å². The van der Waals surface area contributed by atoms with Gasteiger partial charge in [0.15, 0.2) is 5.96 Å². The molecule has 0 saturated carbocycles. The van der Waals surface area contributed by atoms with E-state index in [4.69, 9.17) is 9.47 Å². The van der Waals surface area contributed by atoms with Crippen molar-refractivity contribution in [3.8, 4) is 0 Å². The predicted octanol–water partition coefficient (Wildman–Crippen LogP) is 1.07. The van der Waals surface area contributed by atoms with Crippen LogP contribution in [0.5, 0.6) is 0 Å². The SMILES string of the molecule is CN=C(NCc1cccc(S(=O)(=O)NCCOC)c1)NCC1CCCO1.I. The molecule has 1 aromatic rings. The van der Waals surface area contributed by atoms with Gasteiger partial charge in [0.05, 0.1) is 17.6 Å². The number of hydrogen-bond donors (Lipinski definition) is 3. The lowest BCUT2D eigenvalue weighted by molar-refractivity contribution is 0.114. The van der Waals surface area contributed by atoms with Gasteiger partial charge in [-0.25, -0.2) is 13.1 Å². The zero-order valence-corrected chi connectivity index (χ0v) is 18.9. The van der Waals surface area contributed by atoms with Crippen molar-refractivity contribution in [2.24, 2.45) is 4.99 Å². The second-order valence-corrected chi connectivity index (χ2v) is 7.75. The van der Waals surface area contributed by atoms with Crippen molar-refractivity contribution in [3.63, 3.8) is 0 Å². The van der Waals surface area contributed by atoms with E-state index in [-0.39, 0.29) is 41.5 Å². The molecule has 0 aromatic heterocycles. The third-order valence-electron chi connectivity index (χ3n) is 4.01. The third kappa shape index (κ3) is 8.30. The molecule has 0 bridgehead atoms. The molecule has 1 unspecified atom stereocenters. The zero-order chi connectivity index (χ0) is 18.8. The summed E-state index contributed by atoms with van der Waals surface area (Å²) in [5, 5.41) is 6.42. The van der Waals surface area contributed by atoms with Crippen LogP contribution in [0.4, 0.5) is 0 Å². The van der Waals surface area contributed by atoms with E-state index in [0.717, 1.165) is 25.0 Å². The quantitative estimate of drug-likeness (QED) is 0.198. The van der Waals surface area contributed by atoms with Crippen molar-refractivity contribution in [2.45, 2.75) is 30.4 Å². The number of halogens is 1. The van der Waals surface area contributed by atoms with E-state index in [2.05, 4.69) is 20.3 Å². The van der Waals surface area contributed by atoms with Crippen molar-refractivity contribution in [2.75, 3.05) is 40.5 Å². The fourth-order valence-corrected chi connectivity index (χ4v) is 3.69. The lowest BCUT2D eigenvalue weighted by Crippen LogP contribution is -2.40. The summed E-state index contributed by atoms with van der Waals surface area (Å²) in [6.07, 6.45) is 2.37. The zero-order valence-electron chi connectivity index (χ0n) is 15.7. The molecule has 1 saturated heterocycles. The molecule has 0 spiro atoms. The Morgan fingerprint density at radius 3 is 2.85 bits per heavy atom. The molecule has 0 radical (unpaired) electrons. The number of nitrogens with one attached hydrogen (secondary N) is 3. The molecule has 0 amide bonds. The van der Waals surface area contributed by atoms with Gasteiger partial charge in [0.25, 0.3) is 0 Å². The van der Waals surface area contributed by atoms with Crippen LogP contribution in [0.1, 0.15) is 18.4 Å². The van der Waals surface area contributed by atoms with E-state index in [1.165, 1.54) is 7.11 Å². The van der Waals surface area contributed by atoms with Gasteiger partial charge in [0, 0.05) is 40.4 Å². The maximum absolute atomic E-state index is 12.3. The first-order valence-corrected chi connectivity index (χ1v) is 10.2. The monoisotopic (exact) mass is 512 g/mol.